The van der Waals surface area contributed by atoms with Crippen molar-refractivity contribution in [3.8, 4) is 0 Å². The van der Waals surface area contributed by atoms with Crippen LogP contribution in [0.1, 0.15) is 5.76 Å². The van der Waals surface area contributed by atoms with Crippen molar-refractivity contribution in [2.24, 2.45) is 0 Å². The molecule has 1 fully saturated rings. The number of hydrogen-bond donors (Lipinski definition) is 1. The third-order valence-corrected chi connectivity index (χ3v) is 4.02. The number of rotatable bonds is 2. The van der Waals surface area contributed by atoms with E-state index in [0.717, 1.165) is 9.37 Å². The second-order valence-electron chi connectivity index (χ2n) is 4.58. The molecule has 0 aliphatic carbocycles. The number of carbonyl (C=O) groups excluding carboxylic acids is 3. The highest BCUT2D eigenvalue weighted by Crippen LogP contribution is 2.24. The number of amides is 4. The Bertz CT molecular complexity index is 839. The molecule has 0 unspecified atom stereocenters. The first-order chi connectivity index (χ1) is 11.0. The Labute approximate surface area is 147 Å². The van der Waals surface area contributed by atoms with Crippen molar-refractivity contribution < 1.29 is 18.8 Å². The van der Waals surface area contributed by atoms with Gasteiger partial charge in [-0.15, -0.1) is 0 Å². The first-order valence-electron chi connectivity index (χ1n) is 6.38. The van der Waals surface area contributed by atoms with Gasteiger partial charge in [-0.3, -0.25) is 14.9 Å². The molecule has 0 radical (unpaired) electrons. The van der Waals surface area contributed by atoms with Gasteiger partial charge in [-0.1, -0.05) is 15.9 Å². The average Bonchev–Trinajstić information content (AvgIpc) is 2.91. The van der Waals surface area contributed by atoms with Gasteiger partial charge >= 0.3 is 6.03 Å². The number of nitrogens with zero attached hydrogens (tertiary/aromatic N) is 1. The minimum absolute atomic E-state index is 0.186. The summed E-state index contributed by atoms with van der Waals surface area (Å²) in [4.78, 5) is 37.4. The summed E-state index contributed by atoms with van der Waals surface area (Å²) in [5.41, 5.74) is 0.170. The van der Waals surface area contributed by atoms with Gasteiger partial charge in [-0.05, 0) is 58.4 Å². The van der Waals surface area contributed by atoms with Crippen LogP contribution < -0.4 is 10.2 Å². The van der Waals surface area contributed by atoms with E-state index in [-0.39, 0.29) is 5.57 Å². The predicted molar refractivity (Wildman–Crippen MR) is 89.6 cm³/mol. The molecule has 6 nitrogen and oxygen atoms in total. The highest BCUT2D eigenvalue weighted by atomic mass is 79.9. The molecule has 23 heavy (non-hydrogen) atoms. The molecule has 1 aromatic heterocycles. The first-order valence-corrected chi connectivity index (χ1v) is 7.96. The highest BCUT2D eigenvalue weighted by molar-refractivity contribution is 9.10. The summed E-state index contributed by atoms with van der Waals surface area (Å²) in [5.74, 6) is -1.16. The van der Waals surface area contributed by atoms with Gasteiger partial charge < -0.3 is 4.42 Å². The zero-order chi connectivity index (χ0) is 16.6. The maximum atomic E-state index is 12.6. The van der Waals surface area contributed by atoms with Crippen LogP contribution in [-0.4, -0.2) is 17.8 Å². The van der Waals surface area contributed by atoms with Crippen LogP contribution in [-0.2, 0) is 9.59 Å². The molecular formula is C15H8Br2N2O4. The Balaban J connectivity index is 2.00. The maximum absolute atomic E-state index is 12.6. The number of imide groups is 2. The van der Waals surface area contributed by atoms with Crippen molar-refractivity contribution in [1.82, 2.24) is 5.32 Å². The minimum atomic E-state index is -0.792. The van der Waals surface area contributed by atoms with E-state index in [1.165, 1.54) is 6.08 Å². The third kappa shape index (κ3) is 3.13. The molecule has 1 N–H and O–H groups in total. The standard InChI is InChI=1S/C15H8Br2N2O4/c16-8-1-3-9(4-2-8)19-14(21)11(13(20)18-15(19)22)7-10-5-6-12(17)23-10/h1-7H,(H,18,20,22)/b11-7+. The van der Waals surface area contributed by atoms with E-state index >= 15 is 0 Å². The number of carbonyl (C=O) groups is 3. The van der Waals surface area contributed by atoms with Crippen LogP contribution in [0, 0.1) is 0 Å². The van der Waals surface area contributed by atoms with Gasteiger partial charge in [-0.25, -0.2) is 9.69 Å². The van der Waals surface area contributed by atoms with Crippen molar-refractivity contribution >= 4 is 61.5 Å². The van der Waals surface area contributed by atoms with Gasteiger partial charge in [0.05, 0.1) is 5.69 Å². The number of urea groups is 1. The fraction of sp³-hybridized carbons (Fsp3) is 0. The minimum Gasteiger partial charge on any atom is -0.450 e. The van der Waals surface area contributed by atoms with E-state index in [1.54, 1.807) is 36.4 Å². The number of anilines is 1. The molecule has 2 aromatic rings. The highest BCUT2D eigenvalue weighted by Gasteiger charge is 2.36. The van der Waals surface area contributed by atoms with Gasteiger partial charge in [0.15, 0.2) is 4.67 Å². The van der Waals surface area contributed by atoms with Crippen molar-refractivity contribution in [1.29, 1.82) is 0 Å². The lowest BCUT2D eigenvalue weighted by Crippen LogP contribution is -2.54. The fourth-order valence-electron chi connectivity index (χ4n) is 2.03. The number of hydrogen-bond acceptors (Lipinski definition) is 4. The fourth-order valence-corrected chi connectivity index (χ4v) is 2.61. The van der Waals surface area contributed by atoms with E-state index in [0.29, 0.717) is 16.1 Å². The van der Waals surface area contributed by atoms with Gasteiger partial charge in [0.2, 0.25) is 0 Å². The van der Waals surface area contributed by atoms with Crippen molar-refractivity contribution in [3.05, 3.63) is 56.9 Å². The molecule has 1 aromatic carbocycles. The Hall–Kier alpha value is -2.19. The Kier molecular flexibility index (Phi) is 4.18. The van der Waals surface area contributed by atoms with Gasteiger partial charge in [0.25, 0.3) is 11.8 Å². The Morgan fingerprint density at radius 2 is 1.70 bits per heavy atom. The second kappa shape index (κ2) is 6.13. The molecule has 1 aliphatic rings. The van der Waals surface area contributed by atoms with Crippen LogP contribution in [0.3, 0.4) is 0 Å². The smallest absolute Gasteiger partial charge is 0.335 e. The maximum Gasteiger partial charge on any atom is 0.335 e. The molecule has 1 saturated heterocycles. The van der Waals surface area contributed by atoms with Crippen molar-refractivity contribution in [2.75, 3.05) is 4.90 Å². The zero-order valence-corrected chi connectivity index (χ0v) is 14.5. The van der Waals surface area contributed by atoms with Crippen molar-refractivity contribution in [3.63, 3.8) is 0 Å². The van der Waals surface area contributed by atoms with Crippen LogP contribution in [0.4, 0.5) is 10.5 Å². The summed E-state index contributed by atoms with van der Waals surface area (Å²) in [6.45, 7) is 0. The summed E-state index contributed by atoms with van der Waals surface area (Å²) in [7, 11) is 0. The number of nitrogens with one attached hydrogen (secondary N) is 1. The lowest BCUT2D eigenvalue weighted by Gasteiger charge is -2.26. The Morgan fingerprint density at radius 1 is 1.00 bits per heavy atom. The normalized spacial score (nSPS) is 16.9. The topological polar surface area (TPSA) is 79.6 Å². The molecule has 1 aliphatic heterocycles. The summed E-state index contributed by atoms with van der Waals surface area (Å²) in [6.07, 6.45) is 1.29. The predicted octanol–water partition coefficient (Wildman–Crippen LogP) is 3.47. The molecule has 2 heterocycles. The number of halogens is 2. The van der Waals surface area contributed by atoms with Crippen LogP contribution >= 0.6 is 31.9 Å². The first kappa shape index (κ1) is 15.7. The quantitative estimate of drug-likeness (QED) is 0.573. The number of benzene rings is 1. The molecule has 3 rings (SSSR count). The second-order valence-corrected chi connectivity index (χ2v) is 6.27. The van der Waals surface area contributed by atoms with Crippen LogP contribution in [0.2, 0.25) is 0 Å². The molecule has 0 saturated carbocycles. The summed E-state index contributed by atoms with van der Waals surface area (Å²) >= 11 is 6.42. The molecule has 8 heteroatoms. The van der Waals surface area contributed by atoms with Gasteiger partial charge in [-0.2, -0.15) is 0 Å². The summed E-state index contributed by atoms with van der Waals surface area (Å²) < 4.78 is 6.54. The molecule has 116 valence electrons. The van der Waals surface area contributed by atoms with E-state index in [9.17, 15) is 14.4 Å². The number of furan rings is 1. The average molecular weight is 440 g/mol. The lowest BCUT2D eigenvalue weighted by molar-refractivity contribution is -0.122. The van der Waals surface area contributed by atoms with E-state index in [1.807, 2.05) is 0 Å². The zero-order valence-electron chi connectivity index (χ0n) is 11.4. The van der Waals surface area contributed by atoms with E-state index in [2.05, 4.69) is 37.2 Å². The molecule has 0 bridgehead atoms. The third-order valence-electron chi connectivity index (χ3n) is 3.07. The van der Waals surface area contributed by atoms with Gasteiger partial charge in [0.1, 0.15) is 11.3 Å². The SMILES string of the molecule is O=C1NC(=O)N(c2ccc(Br)cc2)C(=O)/C1=C/c1ccc(Br)o1. The van der Waals surface area contributed by atoms with Gasteiger partial charge in [0, 0.05) is 4.47 Å². The molecule has 4 amide bonds. The van der Waals surface area contributed by atoms with E-state index < -0.39 is 17.8 Å². The van der Waals surface area contributed by atoms with Crippen molar-refractivity contribution in [2.45, 2.75) is 0 Å². The number of barbiturate groups is 1. The molecular weight excluding hydrogens is 432 g/mol. The van der Waals surface area contributed by atoms with Crippen LogP contribution in [0.25, 0.3) is 6.08 Å². The monoisotopic (exact) mass is 438 g/mol. The molecule has 0 spiro atoms. The summed E-state index contributed by atoms with van der Waals surface area (Å²) in [5, 5.41) is 2.14. The van der Waals surface area contributed by atoms with Crippen LogP contribution in [0.5, 0.6) is 0 Å². The van der Waals surface area contributed by atoms with E-state index in [4.69, 9.17) is 4.42 Å². The van der Waals surface area contributed by atoms with Crippen LogP contribution in [0.15, 0.2) is 55.5 Å². The molecule has 0 atom stereocenters. The Morgan fingerprint density at radius 3 is 2.30 bits per heavy atom. The lowest BCUT2D eigenvalue weighted by atomic mass is 10.1. The summed E-state index contributed by atoms with van der Waals surface area (Å²) in [6, 6.07) is 9.02. The largest absolute Gasteiger partial charge is 0.450 e.